The summed E-state index contributed by atoms with van der Waals surface area (Å²) in [5, 5.41) is 9.77. The van der Waals surface area contributed by atoms with E-state index in [0.717, 1.165) is 39.7 Å². The smallest absolute Gasteiger partial charge is 0.416 e. The Morgan fingerprint density at radius 3 is 2.52 bits per heavy atom. The molecule has 1 amide bonds. The zero-order valence-corrected chi connectivity index (χ0v) is 17.6. The van der Waals surface area contributed by atoms with Crippen molar-refractivity contribution in [1.82, 2.24) is 15.1 Å². The lowest BCUT2D eigenvalue weighted by Crippen LogP contribution is -2.36. The van der Waals surface area contributed by atoms with Crippen LogP contribution in [0, 0.1) is 6.92 Å². The first-order valence-corrected chi connectivity index (χ1v) is 10.6. The molecule has 4 rings (SSSR count). The fourth-order valence-electron chi connectivity index (χ4n) is 3.47. The molecule has 0 spiro atoms. The lowest BCUT2D eigenvalue weighted by atomic mass is 9.99. The van der Waals surface area contributed by atoms with Gasteiger partial charge in [-0.3, -0.25) is 4.79 Å². The van der Waals surface area contributed by atoms with Crippen molar-refractivity contribution in [2.75, 3.05) is 6.54 Å². The molecule has 2 aromatic carbocycles. The van der Waals surface area contributed by atoms with Gasteiger partial charge in [0, 0.05) is 25.9 Å². The molecule has 0 unspecified atom stereocenters. The van der Waals surface area contributed by atoms with Gasteiger partial charge in [-0.15, -0.1) is 21.5 Å². The summed E-state index contributed by atoms with van der Waals surface area (Å²) in [6, 6.07) is 10.2. The molecule has 31 heavy (non-hydrogen) atoms. The molecule has 0 N–H and O–H groups in total. The Morgan fingerprint density at radius 1 is 1.10 bits per heavy atom. The first-order chi connectivity index (χ1) is 14.8. The standard InChI is InChI=1S/C22H20F3N3O2S/c1-14-26-27-20(31-14)8-9-21(29)28-11-10-15-2-5-19(12-16(15)13-28)30-18-6-3-17(4-7-18)22(23,24)25/h2-7,12H,8-11,13H2,1H3. The van der Waals surface area contributed by atoms with Crippen molar-refractivity contribution in [3.05, 3.63) is 69.2 Å². The quantitative estimate of drug-likeness (QED) is 0.541. The number of rotatable bonds is 5. The third kappa shape index (κ3) is 5.22. The molecular weight excluding hydrogens is 427 g/mol. The minimum atomic E-state index is -4.38. The number of alkyl halides is 3. The van der Waals surface area contributed by atoms with Gasteiger partial charge in [-0.2, -0.15) is 13.2 Å². The molecule has 9 heteroatoms. The third-order valence-corrected chi connectivity index (χ3v) is 5.98. The van der Waals surface area contributed by atoms with Crippen LogP contribution in [0.3, 0.4) is 0 Å². The van der Waals surface area contributed by atoms with E-state index < -0.39 is 11.7 Å². The van der Waals surface area contributed by atoms with E-state index in [9.17, 15) is 18.0 Å². The molecule has 0 saturated heterocycles. The van der Waals surface area contributed by atoms with Gasteiger partial charge in [0.15, 0.2) is 0 Å². The summed E-state index contributed by atoms with van der Waals surface area (Å²) in [7, 11) is 0. The fourth-order valence-corrected chi connectivity index (χ4v) is 4.18. The highest BCUT2D eigenvalue weighted by Crippen LogP contribution is 2.32. The zero-order valence-electron chi connectivity index (χ0n) is 16.8. The maximum Gasteiger partial charge on any atom is 0.416 e. The van der Waals surface area contributed by atoms with Crippen LogP contribution in [-0.2, 0) is 30.4 Å². The molecule has 0 fully saturated rings. The molecular formula is C22H20F3N3O2S. The second kappa shape index (κ2) is 8.66. The summed E-state index contributed by atoms with van der Waals surface area (Å²) in [6.45, 7) is 3.02. The number of halogens is 3. The molecule has 0 aliphatic carbocycles. The van der Waals surface area contributed by atoms with Gasteiger partial charge in [0.1, 0.15) is 21.5 Å². The van der Waals surface area contributed by atoms with Crippen molar-refractivity contribution in [3.8, 4) is 11.5 Å². The summed E-state index contributed by atoms with van der Waals surface area (Å²) in [5.41, 5.74) is 1.41. The lowest BCUT2D eigenvalue weighted by Gasteiger charge is -2.29. The Balaban J connectivity index is 1.39. The van der Waals surface area contributed by atoms with Gasteiger partial charge in [-0.1, -0.05) is 6.07 Å². The monoisotopic (exact) mass is 447 g/mol. The van der Waals surface area contributed by atoms with Crippen LogP contribution in [0.1, 0.15) is 33.1 Å². The molecule has 162 valence electrons. The molecule has 1 aliphatic heterocycles. The van der Waals surface area contributed by atoms with Crippen LogP contribution in [0.25, 0.3) is 0 Å². The molecule has 0 saturated carbocycles. The molecule has 0 atom stereocenters. The van der Waals surface area contributed by atoms with Crippen molar-refractivity contribution in [3.63, 3.8) is 0 Å². The van der Waals surface area contributed by atoms with E-state index in [1.807, 2.05) is 24.0 Å². The normalized spacial score (nSPS) is 13.7. The van der Waals surface area contributed by atoms with Crippen molar-refractivity contribution in [2.24, 2.45) is 0 Å². The highest BCUT2D eigenvalue weighted by Gasteiger charge is 2.30. The van der Waals surface area contributed by atoms with Crippen LogP contribution in [0.5, 0.6) is 11.5 Å². The number of ether oxygens (including phenoxy) is 1. The minimum Gasteiger partial charge on any atom is -0.457 e. The number of carbonyl (C=O) groups is 1. The largest absolute Gasteiger partial charge is 0.457 e. The number of benzene rings is 2. The van der Waals surface area contributed by atoms with Gasteiger partial charge in [0.25, 0.3) is 0 Å². The SMILES string of the molecule is Cc1nnc(CCC(=O)N2CCc3ccc(Oc4ccc(C(F)(F)F)cc4)cc3C2)s1. The number of nitrogens with zero attached hydrogens (tertiary/aromatic N) is 3. The van der Waals surface area contributed by atoms with Gasteiger partial charge in [-0.05, 0) is 60.9 Å². The van der Waals surface area contributed by atoms with Gasteiger partial charge in [0.2, 0.25) is 5.91 Å². The summed E-state index contributed by atoms with van der Waals surface area (Å²) in [4.78, 5) is 14.5. The minimum absolute atomic E-state index is 0.0626. The first-order valence-electron chi connectivity index (χ1n) is 9.81. The average Bonchev–Trinajstić information content (AvgIpc) is 3.16. The Hall–Kier alpha value is -2.94. The zero-order chi connectivity index (χ0) is 22.0. The Kier molecular flexibility index (Phi) is 5.95. The molecule has 1 aromatic heterocycles. The Bertz CT molecular complexity index is 1080. The van der Waals surface area contributed by atoms with Crippen LogP contribution < -0.4 is 4.74 Å². The molecule has 5 nitrogen and oxygen atoms in total. The number of hydrogen-bond acceptors (Lipinski definition) is 5. The van der Waals surface area contributed by atoms with Crippen molar-refractivity contribution in [1.29, 1.82) is 0 Å². The van der Waals surface area contributed by atoms with Gasteiger partial charge >= 0.3 is 6.18 Å². The van der Waals surface area contributed by atoms with Gasteiger partial charge in [-0.25, -0.2) is 0 Å². The van der Waals surface area contributed by atoms with Crippen LogP contribution in [0.2, 0.25) is 0 Å². The van der Waals surface area contributed by atoms with Crippen LogP contribution in [0.4, 0.5) is 13.2 Å². The number of amides is 1. The van der Waals surface area contributed by atoms with Crippen molar-refractivity contribution >= 4 is 17.2 Å². The van der Waals surface area contributed by atoms with E-state index in [1.165, 1.54) is 23.5 Å². The lowest BCUT2D eigenvalue weighted by molar-refractivity contribution is -0.137. The van der Waals surface area contributed by atoms with Crippen molar-refractivity contribution in [2.45, 2.75) is 38.9 Å². The molecule has 3 aromatic rings. The predicted molar refractivity (Wildman–Crippen MR) is 110 cm³/mol. The van der Waals surface area contributed by atoms with E-state index in [0.29, 0.717) is 37.4 Å². The first kappa shape index (κ1) is 21.3. The molecule has 0 bridgehead atoms. The van der Waals surface area contributed by atoms with Crippen LogP contribution in [-0.4, -0.2) is 27.5 Å². The summed E-state index contributed by atoms with van der Waals surface area (Å²) >= 11 is 1.50. The van der Waals surface area contributed by atoms with E-state index in [1.54, 1.807) is 6.07 Å². The van der Waals surface area contributed by atoms with E-state index >= 15 is 0 Å². The van der Waals surface area contributed by atoms with Crippen LogP contribution in [0.15, 0.2) is 42.5 Å². The Labute approximate surface area is 181 Å². The molecule has 0 radical (unpaired) electrons. The van der Waals surface area contributed by atoms with Gasteiger partial charge in [0.05, 0.1) is 5.56 Å². The second-order valence-corrected chi connectivity index (χ2v) is 8.60. The van der Waals surface area contributed by atoms with E-state index in [2.05, 4.69) is 10.2 Å². The number of hydrogen-bond donors (Lipinski definition) is 0. The molecule has 2 heterocycles. The predicted octanol–water partition coefficient (Wildman–Crippen LogP) is 5.18. The van der Waals surface area contributed by atoms with Gasteiger partial charge < -0.3 is 9.64 Å². The van der Waals surface area contributed by atoms with E-state index in [4.69, 9.17) is 4.74 Å². The number of fused-ring (bicyclic) bond motifs is 1. The summed E-state index contributed by atoms with van der Waals surface area (Å²) in [5.74, 6) is 0.911. The van der Waals surface area contributed by atoms with E-state index in [-0.39, 0.29) is 5.91 Å². The number of aromatic nitrogens is 2. The highest BCUT2D eigenvalue weighted by atomic mass is 32.1. The maximum atomic E-state index is 12.7. The second-order valence-electron chi connectivity index (χ2n) is 7.33. The molecule has 1 aliphatic rings. The maximum absolute atomic E-state index is 12.7. The fraction of sp³-hybridized carbons (Fsp3) is 0.318. The Morgan fingerprint density at radius 2 is 1.84 bits per heavy atom. The number of aryl methyl sites for hydroxylation is 2. The number of carbonyl (C=O) groups excluding carboxylic acids is 1. The van der Waals surface area contributed by atoms with Crippen molar-refractivity contribution < 1.29 is 22.7 Å². The third-order valence-electron chi connectivity index (χ3n) is 5.08. The highest BCUT2D eigenvalue weighted by molar-refractivity contribution is 7.11. The van der Waals surface area contributed by atoms with Crippen LogP contribution >= 0.6 is 11.3 Å². The summed E-state index contributed by atoms with van der Waals surface area (Å²) in [6.07, 6.45) is -2.68. The topological polar surface area (TPSA) is 55.3 Å². The average molecular weight is 447 g/mol. The summed E-state index contributed by atoms with van der Waals surface area (Å²) < 4.78 is 43.9.